The molecule has 1 unspecified atom stereocenters. The number of hydrogen-bond acceptors (Lipinski definition) is 5. The fourth-order valence-electron chi connectivity index (χ4n) is 3.79. The molecule has 1 fully saturated rings. The predicted molar refractivity (Wildman–Crippen MR) is 92.2 cm³/mol. The van der Waals surface area contributed by atoms with Gasteiger partial charge in [0.15, 0.2) is 17.5 Å². The Morgan fingerprint density at radius 3 is 2.33 bits per heavy atom. The first-order valence-electron chi connectivity index (χ1n) is 8.58. The molecule has 1 saturated carbocycles. The largest absolute Gasteiger partial charge is 0.493 e. The zero-order valence-corrected chi connectivity index (χ0v) is 14.6. The van der Waals surface area contributed by atoms with Gasteiger partial charge in [-0.2, -0.15) is 0 Å². The molecular formula is C19H25NO4. The van der Waals surface area contributed by atoms with Crippen LogP contribution in [0.1, 0.15) is 43.2 Å². The summed E-state index contributed by atoms with van der Waals surface area (Å²) in [7, 11) is 4.69. The molecule has 0 amide bonds. The molecule has 0 saturated heterocycles. The summed E-state index contributed by atoms with van der Waals surface area (Å²) in [6.45, 7) is 0. The minimum absolute atomic E-state index is 0.274. The number of aliphatic imine (C=N–C) groups is 1. The van der Waals surface area contributed by atoms with Crippen LogP contribution in [0.2, 0.25) is 0 Å². The Balaban J connectivity index is 2.06. The van der Waals surface area contributed by atoms with Gasteiger partial charge in [-0.3, -0.25) is 4.99 Å². The van der Waals surface area contributed by atoms with Crippen molar-refractivity contribution in [1.29, 1.82) is 0 Å². The molecule has 5 heteroatoms. The maximum absolute atomic E-state index is 12.1. The molecule has 0 aromatic heterocycles. The van der Waals surface area contributed by atoms with Crippen LogP contribution in [-0.2, 0) is 16.0 Å². The second-order valence-electron chi connectivity index (χ2n) is 6.46. The van der Waals surface area contributed by atoms with Crippen LogP contribution in [0.3, 0.4) is 0 Å². The highest BCUT2D eigenvalue weighted by Gasteiger charge is 2.32. The maximum atomic E-state index is 12.1. The molecular weight excluding hydrogens is 306 g/mol. The molecule has 1 aromatic carbocycles. The van der Waals surface area contributed by atoms with E-state index in [9.17, 15) is 4.79 Å². The number of hydrogen-bond donors (Lipinski definition) is 0. The van der Waals surface area contributed by atoms with Crippen LogP contribution in [0.5, 0.6) is 11.5 Å². The Hall–Kier alpha value is -2.04. The normalized spacial score (nSPS) is 20.8. The summed E-state index contributed by atoms with van der Waals surface area (Å²) in [4.78, 5) is 16.9. The Morgan fingerprint density at radius 1 is 1.04 bits per heavy atom. The van der Waals surface area contributed by atoms with Crippen molar-refractivity contribution in [2.45, 2.75) is 44.6 Å². The molecule has 0 spiro atoms. The van der Waals surface area contributed by atoms with Crippen molar-refractivity contribution in [3.8, 4) is 11.5 Å². The van der Waals surface area contributed by atoms with Gasteiger partial charge in [0.1, 0.15) is 0 Å². The molecule has 1 heterocycles. The maximum Gasteiger partial charge on any atom is 0.330 e. The van der Waals surface area contributed by atoms with Gasteiger partial charge in [-0.25, -0.2) is 4.79 Å². The summed E-state index contributed by atoms with van der Waals surface area (Å²) in [6, 6.07) is 3.52. The Bertz CT molecular complexity index is 647. The van der Waals surface area contributed by atoms with E-state index in [-0.39, 0.29) is 5.97 Å². The Kier molecular flexibility index (Phi) is 5.07. The standard InChI is InChI=1S/C19H25NO4/c1-22-16-10-13-9-15(19(21)24-3)20-18(12-7-5-4-6-8-12)14(13)11-17(16)23-2/h10-12,15H,4-9H2,1-3H3. The van der Waals surface area contributed by atoms with E-state index >= 15 is 0 Å². The lowest BCUT2D eigenvalue weighted by Crippen LogP contribution is -2.32. The van der Waals surface area contributed by atoms with Crippen molar-refractivity contribution >= 4 is 11.7 Å². The second-order valence-corrected chi connectivity index (χ2v) is 6.46. The number of carbonyl (C=O) groups excluding carboxylic acids is 1. The minimum atomic E-state index is -0.461. The van der Waals surface area contributed by atoms with Crippen molar-refractivity contribution in [3.05, 3.63) is 23.3 Å². The van der Waals surface area contributed by atoms with Crippen molar-refractivity contribution in [2.75, 3.05) is 21.3 Å². The average Bonchev–Trinajstić information content (AvgIpc) is 2.65. The highest BCUT2D eigenvalue weighted by molar-refractivity contribution is 6.06. The summed E-state index contributed by atoms with van der Waals surface area (Å²) in [5, 5.41) is 0. The van der Waals surface area contributed by atoms with Crippen molar-refractivity contribution in [1.82, 2.24) is 0 Å². The summed E-state index contributed by atoms with van der Waals surface area (Å²) >= 11 is 0. The third-order valence-electron chi connectivity index (χ3n) is 5.06. The van der Waals surface area contributed by atoms with Gasteiger partial charge in [-0.05, 0) is 30.5 Å². The molecule has 5 nitrogen and oxygen atoms in total. The number of carbonyl (C=O) groups is 1. The van der Waals surface area contributed by atoms with Crippen LogP contribution in [0.15, 0.2) is 17.1 Å². The predicted octanol–water partition coefficient (Wildman–Crippen LogP) is 3.17. The minimum Gasteiger partial charge on any atom is -0.493 e. The first-order chi connectivity index (χ1) is 11.7. The third kappa shape index (κ3) is 3.12. The molecule has 0 bridgehead atoms. The zero-order valence-electron chi connectivity index (χ0n) is 14.6. The average molecular weight is 331 g/mol. The smallest absolute Gasteiger partial charge is 0.330 e. The van der Waals surface area contributed by atoms with Crippen molar-refractivity contribution < 1.29 is 19.0 Å². The van der Waals surface area contributed by atoms with E-state index in [0.717, 1.165) is 29.7 Å². The van der Waals surface area contributed by atoms with Gasteiger partial charge >= 0.3 is 5.97 Å². The SMILES string of the molecule is COC(=O)C1Cc2cc(OC)c(OC)cc2C(C2CCCCC2)=N1. The highest BCUT2D eigenvalue weighted by Crippen LogP contribution is 2.37. The molecule has 0 radical (unpaired) electrons. The monoisotopic (exact) mass is 331 g/mol. The lowest BCUT2D eigenvalue weighted by Gasteiger charge is -2.30. The topological polar surface area (TPSA) is 57.1 Å². The number of esters is 1. The molecule has 0 N–H and O–H groups in total. The number of fused-ring (bicyclic) bond motifs is 1. The van der Waals surface area contributed by atoms with Crippen LogP contribution < -0.4 is 9.47 Å². The number of methoxy groups -OCH3 is 3. The lowest BCUT2D eigenvalue weighted by molar-refractivity contribution is -0.142. The van der Waals surface area contributed by atoms with Crippen molar-refractivity contribution in [2.24, 2.45) is 10.9 Å². The van der Waals surface area contributed by atoms with E-state index in [1.165, 1.54) is 26.4 Å². The van der Waals surface area contributed by atoms with Gasteiger partial charge in [0.2, 0.25) is 0 Å². The second kappa shape index (κ2) is 7.24. The number of nitrogens with zero attached hydrogens (tertiary/aromatic N) is 1. The quantitative estimate of drug-likeness (QED) is 0.795. The number of rotatable bonds is 4. The van der Waals surface area contributed by atoms with Gasteiger partial charge in [0, 0.05) is 23.6 Å². The molecule has 1 aliphatic carbocycles. The summed E-state index contributed by atoms with van der Waals surface area (Å²) in [5.41, 5.74) is 3.21. The van der Waals surface area contributed by atoms with Gasteiger partial charge in [-0.1, -0.05) is 19.3 Å². The fourth-order valence-corrected chi connectivity index (χ4v) is 3.79. The fraction of sp³-hybridized carbons (Fsp3) is 0.579. The molecule has 1 atom stereocenters. The van der Waals surface area contributed by atoms with E-state index < -0.39 is 6.04 Å². The molecule has 130 valence electrons. The van der Waals surface area contributed by atoms with E-state index in [1.54, 1.807) is 14.2 Å². The number of benzene rings is 1. The molecule has 1 aliphatic heterocycles. The van der Waals surface area contributed by atoms with Crippen LogP contribution in [0.4, 0.5) is 0 Å². The first kappa shape index (κ1) is 16.8. The van der Waals surface area contributed by atoms with Gasteiger partial charge in [-0.15, -0.1) is 0 Å². The Labute approximate surface area is 143 Å². The third-order valence-corrected chi connectivity index (χ3v) is 5.06. The summed E-state index contributed by atoms with van der Waals surface area (Å²) < 4.78 is 15.8. The van der Waals surface area contributed by atoms with Crippen LogP contribution >= 0.6 is 0 Å². The van der Waals surface area contributed by atoms with E-state index in [1.807, 2.05) is 12.1 Å². The van der Waals surface area contributed by atoms with E-state index in [0.29, 0.717) is 23.8 Å². The van der Waals surface area contributed by atoms with Gasteiger partial charge < -0.3 is 14.2 Å². The van der Waals surface area contributed by atoms with E-state index in [2.05, 4.69) is 0 Å². The summed E-state index contributed by atoms with van der Waals surface area (Å²) in [6.07, 6.45) is 6.51. The van der Waals surface area contributed by atoms with E-state index in [4.69, 9.17) is 19.2 Å². The number of ether oxygens (including phenoxy) is 3. The summed E-state index contributed by atoms with van der Waals surface area (Å²) in [5.74, 6) is 1.52. The molecule has 3 rings (SSSR count). The van der Waals surface area contributed by atoms with Gasteiger partial charge in [0.05, 0.1) is 21.3 Å². The van der Waals surface area contributed by atoms with Crippen LogP contribution in [-0.4, -0.2) is 39.1 Å². The molecule has 24 heavy (non-hydrogen) atoms. The Morgan fingerprint density at radius 2 is 1.71 bits per heavy atom. The van der Waals surface area contributed by atoms with Crippen LogP contribution in [0, 0.1) is 5.92 Å². The van der Waals surface area contributed by atoms with Crippen molar-refractivity contribution in [3.63, 3.8) is 0 Å². The van der Waals surface area contributed by atoms with Crippen LogP contribution in [0.25, 0.3) is 0 Å². The zero-order chi connectivity index (χ0) is 17.1. The van der Waals surface area contributed by atoms with Gasteiger partial charge in [0.25, 0.3) is 0 Å². The molecule has 1 aromatic rings. The molecule has 2 aliphatic rings. The first-order valence-corrected chi connectivity index (χ1v) is 8.58. The highest BCUT2D eigenvalue weighted by atomic mass is 16.5. The lowest BCUT2D eigenvalue weighted by atomic mass is 9.79.